The van der Waals surface area contributed by atoms with Gasteiger partial charge in [0.25, 0.3) is 0 Å². The maximum Gasteiger partial charge on any atom is 0.232 e. The van der Waals surface area contributed by atoms with Crippen molar-refractivity contribution in [2.24, 2.45) is 0 Å². The van der Waals surface area contributed by atoms with Gasteiger partial charge >= 0.3 is 0 Å². The number of nitrogens with zero attached hydrogens (tertiary/aromatic N) is 2. The van der Waals surface area contributed by atoms with E-state index in [9.17, 15) is 0 Å². The topological polar surface area (TPSA) is 51.0 Å². The molecule has 0 atom stereocenters. The second-order valence-corrected chi connectivity index (χ2v) is 5.00. The summed E-state index contributed by atoms with van der Waals surface area (Å²) < 4.78 is 5.47. The minimum atomic E-state index is 0.116. The SMILES string of the molecule is CCC1(c2nc(C(C)C)no2)CCNCC1. The lowest BCUT2D eigenvalue weighted by molar-refractivity contribution is 0.216. The van der Waals surface area contributed by atoms with Crippen LogP contribution in [0.5, 0.6) is 0 Å². The summed E-state index contributed by atoms with van der Waals surface area (Å²) in [6.07, 6.45) is 3.28. The number of nitrogens with one attached hydrogen (secondary N) is 1. The molecular formula is C12H21N3O. The Labute approximate surface area is 96.8 Å². The van der Waals surface area contributed by atoms with Gasteiger partial charge in [0.15, 0.2) is 5.82 Å². The zero-order valence-corrected chi connectivity index (χ0v) is 10.4. The van der Waals surface area contributed by atoms with Crippen LogP contribution in [0.2, 0.25) is 0 Å². The van der Waals surface area contributed by atoms with Gasteiger partial charge < -0.3 is 9.84 Å². The highest BCUT2D eigenvalue weighted by molar-refractivity contribution is 5.08. The monoisotopic (exact) mass is 223 g/mol. The summed E-state index contributed by atoms with van der Waals surface area (Å²) >= 11 is 0. The Morgan fingerprint density at radius 2 is 2.06 bits per heavy atom. The Kier molecular flexibility index (Phi) is 3.28. The highest BCUT2D eigenvalue weighted by Crippen LogP contribution is 2.35. The molecule has 0 spiro atoms. The van der Waals surface area contributed by atoms with Gasteiger partial charge in [-0.2, -0.15) is 4.98 Å². The Bertz CT molecular complexity index is 340. The van der Waals surface area contributed by atoms with Crippen LogP contribution in [-0.4, -0.2) is 23.2 Å². The molecule has 90 valence electrons. The number of hydrogen-bond donors (Lipinski definition) is 1. The number of hydrogen-bond acceptors (Lipinski definition) is 4. The van der Waals surface area contributed by atoms with Crippen LogP contribution < -0.4 is 5.32 Å². The van der Waals surface area contributed by atoms with Crippen molar-refractivity contribution in [3.8, 4) is 0 Å². The molecule has 0 aromatic carbocycles. The number of aromatic nitrogens is 2. The van der Waals surface area contributed by atoms with Crippen LogP contribution in [0.3, 0.4) is 0 Å². The first-order chi connectivity index (χ1) is 7.68. The summed E-state index contributed by atoms with van der Waals surface area (Å²) in [7, 11) is 0. The molecular weight excluding hydrogens is 202 g/mol. The van der Waals surface area contributed by atoms with Crippen LogP contribution in [0.1, 0.15) is 57.7 Å². The van der Waals surface area contributed by atoms with E-state index in [1.807, 2.05) is 0 Å². The highest BCUT2D eigenvalue weighted by Gasteiger charge is 2.37. The fraction of sp³-hybridized carbons (Fsp3) is 0.833. The lowest BCUT2D eigenvalue weighted by Gasteiger charge is -2.33. The molecule has 2 heterocycles. The standard InChI is InChI=1S/C12H21N3O/c1-4-12(5-7-13-8-6-12)11-14-10(9(2)3)15-16-11/h9,13H,4-8H2,1-3H3. The maximum absolute atomic E-state index is 5.47. The van der Waals surface area contributed by atoms with E-state index >= 15 is 0 Å². The van der Waals surface area contributed by atoms with Gasteiger partial charge in [-0.3, -0.25) is 0 Å². The van der Waals surface area contributed by atoms with E-state index in [4.69, 9.17) is 4.52 Å². The van der Waals surface area contributed by atoms with E-state index in [-0.39, 0.29) is 5.41 Å². The summed E-state index contributed by atoms with van der Waals surface area (Å²) in [5.41, 5.74) is 0.116. The number of piperidine rings is 1. The van der Waals surface area contributed by atoms with Gasteiger partial charge in [0.1, 0.15) is 0 Å². The zero-order chi connectivity index (χ0) is 11.6. The van der Waals surface area contributed by atoms with Crippen molar-refractivity contribution in [1.29, 1.82) is 0 Å². The molecule has 0 radical (unpaired) electrons. The van der Waals surface area contributed by atoms with Crippen LogP contribution >= 0.6 is 0 Å². The molecule has 1 aromatic rings. The van der Waals surface area contributed by atoms with Crippen molar-refractivity contribution in [1.82, 2.24) is 15.5 Å². The second kappa shape index (κ2) is 4.53. The van der Waals surface area contributed by atoms with Crippen LogP contribution in [0.15, 0.2) is 4.52 Å². The van der Waals surface area contributed by atoms with E-state index in [1.54, 1.807) is 0 Å². The van der Waals surface area contributed by atoms with Crippen LogP contribution in [-0.2, 0) is 5.41 Å². The molecule has 0 amide bonds. The van der Waals surface area contributed by atoms with E-state index in [0.29, 0.717) is 5.92 Å². The normalized spacial score (nSPS) is 20.2. The quantitative estimate of drug-likeness (QED) is 0.853. The van der Waals surface area contributed by atoms with E-state index in [2.05, 4.69) is 36.2 Å². The van der Waals surface area contributed by atoms with E-state index < -0.39 is 0 Å². The molecule has 0 aliphatic carbocycles. The summed E-state index contributed by atoms with van der Waals surface area (Å²) in [6.45, 7) is 8.50. The van der Waals surface area contributed by atoms with Crippen LogP contribution in [0.25, 0.3) is 0 Å². The minimum absolute atomic E-state index is 0.116. The molecule has 0 unspecified atom stereocenters. The molecule has 0 bridgehead atoms. The first-order valence-electron chi connectivity index (χ1n) is 6.23. The summed E-state index contributed by atoms with van der Waals surface area (Å²) in [4.78, 5) is 4.57. The third-order valence-corrected chi connectivity index (χ3v) is 3.65. The van der Waals surface area contributed by atoms with Gasteiger partial charge in [-0.1, -0.05) is 25.9 Å². The number of rotatable bonds is 3. The second-order valence-electron chi connectivity index (χ2n) is 5.00. The van der Waals surface area contributed by atoms with Gasteiger partial charge in [-0.25, -0.2) is 0 Å². The molecule has 1 aromatic heterocycles. The molecule has 4 nitrogen and oxygen atoms in total. The first kappa shape index (κ1) is 11.6. The van der Waals surface area contributed by atoms with Gasteiger partial charge in [0.05, 0.1) is 5.41 Å². The largest absolute Gasteiger partial charge is 0.339 e. The van der Waals surface area contributed by atoms with Gasteiger partial charge in [-0.15, -0.1) is 0 Å². The minimum Gasteiger partial charge on any atom is -0.339 e. The van der Waals surface area contributed by atoms with E-state index in [0.717, 1.165) is 44.1 Å². The molecule has 1 aliphatic rings. The molecule has 2 rings (SSSR count). The molecule has 0 saturated carbocycles. The molecule has 1 fully saturated rings. The Hall–Kier alpha value is -0.900. The van der Waals surface area contributed by atoms with Gasteiger partial charge in [-0.05, 0) is 32.4 Å². The Balaban J connectivity index is 2.25. The van der Waals surface area contributed by atoms with Gasteiger partial charge in [0, 0.05) is 5.92 Å². The van der Waals surface area contributed by atoms with Crippen molar-refractivity contribution < 1.29 is 4.52 Å². The third-order valence-electron chi connectivity index (χ3n) is 3.65. The average Bonchev–Trinajstić information content (AvgIpc) is 2.80. The van der Waals surface area contributed by atoms with Crippen LogP contribution in [0, 0.1) is 0 Å². The summed E-state index contributed by atoms with van der Waals surface area (Å²) in [5, 5.41) is 7.46. The molecule has 1 N–H and O–H groups in total. The Morgan fingerprint density at radius 1 is 1.38 bits per heavy atom. The van der Waals surface area contributed by atoms with E-state index in [1.165, 1.54) is 0 Å². The highest BCUT2D eigenvalue weighted by atomic mass is 16.5. The van der Waals surface area contributed by atoms with Crippen molar-refractivity contribution in [3.63, 3.8) is 0 Å². The van der Waals surface area contributed by atoms with Crippen molar-refractivity contribution in [3.05, 3.63) is 11.7 Å². The maximum atomic E-state index is 5.47. The Morgan fingerprint density at radius 3 is 2.56 bits per heavy atom. The molecule has 1 saturated heterocycles. The predicted octanol–water partition coefficient (Wildman–Crippen LogP) is 2.22. The van der Waals surface area contributed by atoms with Crippen molar-refractivity contribution in [2.45, 2.75) is 51.4 Å². The fourth-order valence-corrected chi connectivity index (χ4v) is 2.31. The van der Waals surface area contributed by atoms with Gasteiger partial charge in [0.2, 0.25) is 5.89 Å². The predicted molar refractivity (Wildman–Crippen MR) is 62.5 cm³/mol. The lowest BCUT2D eigenvalue weighted by Crippen LogP contribution is -2.39. The van der Waals surface area contributed by atoms with Crippen molar-refractivity contribution >= 4 is 0 Å². The molecule has 4 heteroatoms. The molecule has 16 heavy (non-hydrogen) atoms. The summed E-state index contributed by atoms with van der Waals surface area (Å²) in [6, 6.07) is 0. The molecule has 1 aliphatic heterocycles. The fourth-order valence-electron chi connectivity index (χ4n) is 2.31. The summed E-state index contributed by atoms with van der Waals surface area (Å²) in [5.74, 6) is 2.02. The smallest absolute Gasteiger partial charge is 0.232 e. The third kappa shape index (κ3) is 1.98. The van der Waals surface area contributed by atoms with Crippen LogP contribution in [0.4, 0.5) is 0 Å². The zero-order valence-electron chi connectivity index (χ0n) is 10.4. The average molecular weight is 223 g/mol. The van der Waals surface area contributed by atoms with Crippen molar-refractivity contribution in [2.75, 3.05) is 13.1 Å². The lowest BCUT2D eigenvalue weighted by atomic mass is 9.76. The first-order valence-corrected chi connectivity index (χ1v) is 6.23.